The zero-order valence-corrected chi connectivity index (χ0v) is 10.4. The SMILES string of the molecule is CCN(CC(=O)CCl)C(=O)OC(C)(C)C. The topological polar surface area (TPSA) is 46.6 Å². The van der Waals surface area contributed by atoms with E-state index in [0.717, 1.165) is 0 Å². The Bertz CT molecular complexity index is 235. The van der Waals surface area contributed by atoms with Crippen molar-refractivity contribution in [3.05, 3.63) is 0 Å². The Morgan fingerprint density at radius 3 is 2.20 bits per heavy atom. The monoisotopic (exact) mass is 235 g/mol. The number of ether oxygens (including phenoxy) is 1. The lowest BCUT2D eigenvalue weighted by molar-refractivity contribution is -0.117. The van der Waals surface area contributed by atoms with Gasteiger partial charge < -0.3 is 9.64 Å². The van der Waals surface area contributed by atoms with Gasteiger partial charge in [-0.3, -0.25) is 4.79 Å². The zero-order chi connectivity index (χ0) is 12.1. The van der Waals surface area contributed by atoms with Gasteiger partial charge in [0.25, 0.3) is 0 Å². The Kier molecular flexibility index (Phi) is 5.65. The minimum absolute atomic E-state index is 0.00884. The summed E-state index contributed by atoms with van der Waals surface area (Å²) in [6, 6.07) is 0. The smallest absolute Gasteiger partial charge is 0.410 e. The number of ketones is 1. The van der Waals surface area contributed by atoms with Gasteiger partial charge in [-0.2, -0.15) is 0 Å². The number of rotatable bonds is 4. The van der Waals surface area contributed by atoms with E-state index in [1.165, 1.54) is 4.90 Å². The first kappa shape index (κ1) is 14.2. The van der Waals surface area contributed by atoms with E-state index in [-0.39, 0.29) is 18.2 Å². The summed E-state index contributed by atoms with van der Waals surface area (Å²) < 4.78 is 5.13. The second-order valence-electron chi connectivity index (χ2n) is 4.17. The molecule has 1 amide bonds. The maximum atomic E-state index is 11.5. The van der Waals surface area contributed by atoms with Gasteiger partial charge in [-0.25, -0.2) is 4.79 Å². The molecule has 0 N–H and O–H groups in total. The largest absolute Gasteiger partial charge is 0.444 e. The predicted octanol–water partition coefficient (Wildman–Crippen LogP) is 2.05. The zero-order valence-electron chi connectivity index (χ0n) is 9.67. The van der Waals surface area contributed by atoms with Crippen molar-refractivity contribution in [3.8, 4) is 0 Å². The molecule has 0 aromatic carbocycles. The van der Waals surface area contributed by atoms with E-state index in [4.69, 9.17) is 16.3 Å². The molecule has 0 unspecified atom stereocenters. The molecular formula is C10H18ClNO3. The molecule has 15 heavy (non-hydrogen) atoms. The van der Waals surface area contributed by atoms with Crippen LogP contribution in [0.25, 0.3) is 0 Å². The number of nitrogens with zero attached hydrogens (tertiary/aromatic N) is 1. The maximum absolute atomic E-state index is 11.5. The first-order chi connectivity index (χ1) is 6.80. The molecule has 0 saturated carbocycles. The lowest BCUT2D eigenvalue weighted by Gasteiger charge is -2.25. The first-order valence-corrected chi connectivity index (χ1v) is 5.39. The molecule has 0 aliphatic carbocycles. The number of alkyl halides is 1. The van der Waals surface area contributed by atoms with Gasteiger partial charge in [-0.05, 0) is 27.7 Å². The number of Topliss-reactive ketones (excluding diaryl/α,β-unsaturated/α-hetero) is 1. The minimum atomic E-state index is -0.547. The van der Waals surface area contributed by atoms with Crippen molar-refractivity contribution >= 4 is 23.5 Å². The quantitative estimate of drug-likeness (QED) is 0.701. The van der Waals surface area contributed by atoms with Crippen LogP contribution in [0.2, 0.25) is 0 Å². The molecule has 0 rings (SSSR count). The number of hydrogen-bond donors (Lipinski definition) is 0. The Hall–Kier alpha value is -0.770. The van der Waals surface area contributed by atoms with Gasteiger partial charge in [0.1, 0.15) is 5.60 Å². The van der Waals surface area contributed by atoms with Gasteiger partial charge in [0, 0.05) is 6.54 Å². The van der Waals surface area contributed by atoms with Gasteiger partial charge >= 0.3 is 6.09 Å². The van der Waals surface area contributed by atoms with Crippen molar-refractivity contribution in [2.75, 3.05) is 19.0 Å². The van der Waals surface area contributed by atoms with E-state index in [1.807, 2.05) is 0 Å². The second-order valence-corrected chi connectivity index (χ2v) is 4.43. The summed E-state index contributed by atoms with van der Waals surface area (Å²) in [5, 5.41) is 0. The highest BCUT2D eigenvalue weighted by atomic mass is 35.5. The number of amides is 1. The third-order valence-corrected chi connectivity index (χ3v) is 1.85. The summed E-state index contributed by atoms with van der Waals surface area (Å²) in [5.74, 6) is -0.274. The first-order valence-electron chi connectivity index (χ1n) is 4.85. The van der Waals surface area contributed by atoms with E-state index < -0.39 is 11.7 Å². The summed E-state index contributed by atoms with van der Waals surface area (Å²) in [6.45, 7) is 7.56. The van der Waals surface area contributed by atoms with E-state index in [9.17, 15) is 9.59 Å². The van der Waals surface area contributed by atoms with Crippen molar-refractivity contribution in [2.45, 2.75) is 33.3 Å². The molecule has 0 fully saturated rings. The van der Waals surface area contributed by atoms with Crippen LogP contribution in [0.15, 0.2) is 0 Å². The normalized spacial score (nSPS) is 11.0. The van der Waals surface area contributed by atoms with Gasteiger partial charge in [0.05, 0.1) is 12.4 Å². The molecule has 0 radical (unpaired) electrons. The van der Waals surface area contributed by atoms with Gasteiger partial charge in [0.15, 0.2) is 5.78 Å². The minimum Gasteiger partial charge on any atom is -0.444 e. The highest BCUT2D eigenvalue weighted by Crippen LogP contribution is 2.09. The Labute approximate surface area is 95.5 Å². The van der Waals surface area contributed by atoms with Crippen LogP contribution >= 0.6 is 11.6 Å². The van der Waals surface area contributed by atoms with Crippen LogP contribution in [0.3, 0.4) is 0 Å². The Morgan fingerprint density at radius 1 is 1.33 bits per heavy atom. The van der Waals surface area contributed by atoms with E-state index in [1.54, 1.807) is 27.7 Å². The molecular weight excluding hydrogens is 218 g/mol. The van der Waals surface area contributed by atoms with Crippen LogP contribution < -0.4 is 0 Å². The van der Waals surface area contributed by atoms with Crippen molar-refractivity contribution in [2.24, 2.45) is 0 Å². The molecule has 0 saturated heterocycles. The van der Waals surface area contributed by atoms with E-state index >= 15 is 0 Å². The average molecular weight is 236 g/mol. The molecule has 0 aliphatic heterocycles. The maximum Gasteiger partial charge on any atom is 0.410 e. The van der Waals surface area contributed by atoms with Crippen LogP contribution in [-0.4, -0.2) is 41.3 Å². The second kappa shape index (κ2) is 5.95. The molecule has 5 heteroatoms. The average Bonchev–Trinajstić information content (AvgIpc) is 2.10. The third-order valence-electron chi connectivity index (χ3n) is 1.55. The summed E-state index contributed by atoms with van der Waals surface area (Å²) >= 11 is 5.36. The van der Waals surface area contributed by atoms with Crippen LogP contribution in [0.1, 0.15) is 27.7 Å². The van der Waals surface area contributed by atoms with Crippen molar-refractivity contribution in [3.63, 3.8) is 0 Å². The Balaban J connectivity index is 4.29. The number of carbonyl (C=O) groups is 2. The molecule has 0 heterocycles. The van der Waals surface area contributed by atoms with E-state index in [2.05, 4.69) is 0 Å². The molecule has 0 bridgehead atoms. The summed E-state index contributed by atoms with van der Waals surface area (Å²) in [6.07, 6.45) is -0.483. The Morgan fingerprint density at radius 2 is 1.87 bits per heavy atom. The fraction of sp³-hybridized carbons (Fsp3) is 0.800. The van der Waals surface area contributed by atoms with Crippen molar-refractivity contribution in [1.29, 1.82) is 0 Å². The predicted molar refractivity (Wildman–Crippen MR) is 59.2 cm³/mol. The standard InChI is InChI=1S/C10H18ClNO3/c1-5-12(7-8(13)6-11)9(14)15-10(2,3)4/h5-7H2,1-4H3. The molecule has 4 nitrogen and oxygen atoms in total. The summed E-state index contributed by atoms with van der Waals surface area (Å²) in [7, 11) is 0. The van der Waals surface area contributed by atoms with Crippen molar-refractivity contribution < 1.29 is 14.3 Å². The third kappa shape index (κ3) is 6.33. The van der Waals surface area contributed by atoms with Gasteiger partial charge in [-0.1, -0.05) is 0 Å². The van der Waals surface area contributed by atoms with Crippen LogP contribution in [-0.2, 0) is 9.53 Å². The summed E-state index contributed by atoms with van der Waals surface area (Å²) in [4.78, 5) is 23.9. The number of likely N-dealkylation sites (N-methyl/N-ethyl adjacent to an activating group) is 1. The molecule has 0 aliphatic rings. The fourth-order valence-electron chi connectivity index (χ4n) is 0.887. The van der Waals surface area contributed by atoms with Crippen molar-refractivity contribution in [1.82, 2.24) is 4.90 Å². The highest BCUT2D eigenvalue weighted by Gasteiger charge is 2.22. The molecule has 0 aromatic rings. The number of carbonyl (C=O) groups excluding carboxylic acids is 2. The van der Waals surface area contributed by atoms with Crippen LogP contribution in [0.4, 0.5) is 4.79 Å². The van der Waals surface area contributed by atoms with Crippen LogP contribution in [0, 0.1) is 0 Å². The van der Waals surface area contributed by atoms with Crippen LogP contribution in [0.5, 0.6) is 0 Å². The lowest BCUT2D eigenvalue weighted by atomic mass is 10.2. The summed E-state index contributed by atoms with van der Waals surface area (Å²) in [5.41, 5.74) is -0.547. The number of hydrogen-bond acceptors (Lipinski definition) is 3. The molecule has 0 atom stereocenters. The highest BCUT2D eigenvalue weighted by molar-refractivity contribution is 6.28. The van der Waals surface area contributed by atoms with Gasteiger partial charge in [0.2, 0.25) is 0 Å². The molecule has 0 spiro atoms. The lowest BCUT2D eigenvalue weighted by Crippen LogP contribution is -2.39. The fourth-order valence-corrected chi connectivity index (χ4v) is 0.972. The van der Waals surface area contributed by atoms with E-state index in [0.29, 0.717) is 6.54 Å². The molecule has 0 aromatic heterocycles. The molecule has 88 valence electrons. The van der Waals surface area contributed by atoms with Gasteiger partial charge in [-0.15, -0.1) is 11.6 Å². The number of halogens is 1.